The summed E-state index contributed by atoms with van der Waals surface area (Å²) < 4.78 is 1.88. The van der Waals surface area contributed by atoms with Crippen molar-refractivity contribution in [3.05, 3.63) is 54.1 Å². The highest BCUT2D eigenvalue weighted by Crippen LogP contribution is 2.05. The van der Waals surface area contributed by atoms with Gasteiger partial charge in [-0.1, -0.05) is 30.3 Å². The molecular formula is C11H11N2O. The Morgan fingerprint density at radius 1 is 1.21 bits per heavy atom. The summed E-state index contributed by atoms with van der Waals surface area (Å²) in [5.41, 5.74) is 1.91. The zero-order valence-electron chi connectivity index (χ0n) is 7.76. The smallest absolute Gasteiger partial charge is 0.124 e. The Balaban J connectivity index is 2.19. The molecule has 3 heteroatoms. The van der Waals surface area contributed by atoms with Gasteiger partial charge in [0.1, 0.15) is 6.61 Å². The molecule has 0 bridgehead atoms. The van der Waals surface area contributed by atoms with Crippen LogP contribution in [-0.4, -0.2) is 9.55 Å². The summed E-state index contributed by atoms with van der Waals surface area (Å²) in [6.07, 6.45) is 3.32. The maximum atomic E-state index is 10.7. The Bertz CT molecular complexity index is 395. The predicted molar refractivity (Wildman–Crippen MR) is 52.2 cm³/mol. The molecular weight excluding hydrogens is 176 g/mol. The van der Waals surface area contributed by atoms with Crippen LogP contribution in [0.15, 0.2) is 42.9 Å². The third-order valence-corrected chi connectivity index (χ3v) is 2.14. The van der Waals surface area contributed by atoms with Crippen molar-refractivity contribution in [2.75, 3.05) is 0 Å². The van der Waals surface area contributed by atoms with Crippen LogP contribution in [0.2, 0.25) is 0 Å². The molecule has 1 heterocycles. The molecule has 0 amide bonds. The summed E-state index contributed by atoms with van der Waals surface area (Å²) in [7, 11) is 0. The maximum absolute atomic E-state index is 10.7. The second-order valence-electron chi connectivity index (χ2n) is 3.14. The van der Waals surface area contributed by atoms with E-state index >= 15 is 0 Å². The standard InChI is InChI=1S/C11H11N2O/c14-8-11-6-12-9-13(11)7-10-4-2-1-3-5-10/h1-6,9H,7-8H2. The van der Waals surface area contributed by atoms with Gasteiger partial charge in [-0.15, -0.1) is 0 Å². The second kappa shape index (κ2) is 4.07. The summed E-state index contributed by atoms with van der Waals surface area (Å²) in [6.45, 7) is 0.505. The Kier molecular flexibility index (Phi) is 2.60. The van der Waals surface area contributed by atoms with Gasteiger partial charge in [-0.2, -0.15) is 0 Å². The number of nitrogens with zero attached hydrogens (tertiary/aromatic N) is 2. The van der Waals surface area contributed by atoms with Crippen molar-refractivity contribution in [3.8, 4) is 0 Å². The fourth-order valence-corrected chi connectivity index (χ4v) is 1.39. The first-order chi connectivity index (χ1) is 6.90. The summed E-state index contributed by atoms with van der Waals surface area (Å²) in [5, 5.41) is 10.7. The van der Waals surface area contributed by atoms with E-state index < -0.39 is 0 Å². The average molecular weight is 187 g/mol. The minimum atomic E-state index is -0.215. The first-order valence-corrected chi connectivity index (χ1v) is 4.51. The van der Waals surface area contributed by atoms with E-state index in [1.807, 2.05) is 34.9 Å². The average Bonchev–Trinajstić information content (AvgIpc) is 2.67. The van der Waals surface area contributed by atoms with Gasteiger partial charge in [0.2, 0.25) is 0 Å². The summed E-state index contributed by atoms with van der Waals surface area (Å²) in [5.74, 6) is 0. The third-order valence-electron chi connectivity index (χ3n) is 2.14. The molecule has 0 atom stereocenters. The molecule has 1 aromatic heterocycles. The molecule has 2 aromatic rings. The molecule has 0 fully saturated rings. The number of rotatable bonds is 3. The van der Waals surface area contributed by atoms with Gasteiger partial charge in [0.15, 0.2) is 0 Å². The first-order valence-electron chi connectivity index (χ1n) is 4.51. The van der Waals surface area contributed by atoms with Crippen LogP contribution in [0.4, 0.5) is 0 Å². The van der Waals surface area contributed by atoms with Crippen LogP contribution >= 0.6 is 0 Å². The minimum Gasteiger partial charge on any atom is -0.328 e. The fraction of sp³-hybridized carbons (Fsp3) is 0.182. The van der Waals surface area contributed by atoms with E-state index in [2.05, 4.69) is 4.98 Å². The number of hydrogen-bond acceptors (Lipinski definition) is 1. The largest absolute Gasteiger partial charge is 0.328 e. The van der Waals surface area contributed by atoms with Crippen molar-refractivity contribution < 1.29 is 5.11 Å². The molecule has 2 rings (SSSR count). The van der Waals surface area contributed by atoms with Gasteiger partial charge in [-0.25, -0.2) is 10.1 Å². The lowest BCUT2D eigenvalue weighted by Gasteiger charge is -2.04. The topological polar surface area (TPSA) is 37.7 Å². The monoisotopic (exact) mass is 187 g/mol. The molecule has 1 aromatic carbocycles. The van der Waals surface area contributed by atoms with Crippen LogP contribution in [-0.2, 0) is 18.3 Å². The molecule has 0 saturated carbocycles. The van der Waals surface area contributed by atoms with Gasteiger partial charge < -0.3 is 4.57 Å². The van der Waals surface area contributed by atoms with Gasteiger partial charge in [-0.3, -0.25) is 0 Å². The van der Waals surface area contributed by atoms with E-state index in [1.54, 1.807) is 12.5 Å². The van der Waals surface area contributed by atoms with Crippen LogP contribution in [0.3, 0.4) is 0 Å². The highest BCUT2D eigenvalue weighted by Gasteiger charge is 2.00. The molecule has 0 aliphatic rings. The second-order valence-corrected chi connectivity index (χ2v) is 3.14. The van der Waals surface area contributed by atoms with Crippen molar-refractivity contribution in [1.29, 1.82) is 0 Å². The quantitative estimate of drug-likeness (QED) is 0.722. The van der Waals surface area contributed by atoms with Crippen LogP contribution in [0.25, 0.3) is 0 Å². The summed E-state index contributed by atoms with van der Waals surface area (Å²) >= 11 is 0. The molecule has 0 saturated heterocycles. The molecule has 3 nitrogen and oxygen atoms in total. The number of benzene rings is 1. The lowest BCUT2D eigenvalue weighted by atomic mass is 10.2. The minimum absolute atomic E-state index is 0.215. The van der Waals surface area contributed by atoms with E-state index in [9.17, 15) is 5.11 Å². The van der Waals surface area contributed by atoms with Crippen molar-refractivity contribution in [2.24, 2.45) is 0 Å². The fourth-order valence-electron chi connectivity index (χ4n) is 1.39. The SMILES string of the molecule is [O]Cc1cncn1Cc1ccccc1. The Hall–Kier alpha value is -1.61. The molecule has 0 aliphatic heterocycles. The zero-order valence-corrected chi connectivity index (χ0v) is 7.76. The lowest BCUT2D eigenvalue weighted by molar-refractivity contribution is 0.170. The summed E-state index contributed by atoms with van der Waals surface area (Å²) in [6, 6.07) is 10.0. The van der Waals surface area contributed by atoms with E-state index in [0.29, 0.717) is 0 Å². The number of aromatic nitrogens is 2. The normalized spacial score (nSPS) is 10.4. The van der Waals surface area contributed by atoms with E-state index in [4.69, 9.17) is 0 Å². The first kappa shape index (κ1) is 8.97. The van der Waals surface area contributed by atoms with Crippen molar-refractivity contribution in [1.82, 2.24) is 9.55 Å². The van der Waals surface area contributed by atoms with E-state index in [1.165, 1.54) is 5.56 Å². The molecule has 0 aliphatic carbocycles. The van der Waals surface area contributed by atoms with Crippen LogP contribution in [0, 0.1) is 0 Å². The highest BCUT2D eigenvalue weighted by molar-refractivity contribution is 5.16. The molecule has 14 heavy (non-hydrogen) atoms. The van der Waals surface area contributed by atoms with Crippen molar-refractivity contribution in [3.63, 3.8) is 0 Å². The van der Waals surface area contributed by atoms with Gasteiger partial charge in [0.05, 0.1) is 18.2 Å². The maximum Gasteiger partial charge on any atom is 0.124 e. The van der Waals surface area contributed by atoms with E-state index in [-0.39, 0.29) is 6.61 Å². The van der Waals surface area contributed by atoms with Crippen LogP contribution < -0.4 is 0 Å². The Morgan fingerprint density at radius 3 is 2.71 bits per heavy atom. The lowest BCUT2D eigenvalue weighted by Crippen LogP contribution is -2.02. The van der Waals surface area contributed by atoms with Gasteiger partial charge in [-0.05, 0) is 5.56 Å². The zero-order chi connectivity index (χ0) is 9.80. The molecule has 0 N–H and O–H groups in total. The molecule has 0 unspecified atom stereocenters. The van der Waals surface area contributed by atoms with Crippen molar-refractivity contribution in [2.45, 2.75) is 13.2 Å². The predicted octanol–water partition coefficient (Wildman–Crippen LogP) is 1.86. The number of imidazole rings is 1. The van der Waals surface area contributed by atoms with Crippen LogP contribution in [0.1, 0.15) is 11.3 Å². The Labute approximate surface area is 82.7 Å². The van der Waals surface area contributed by atoms with Gasteiger partial charge in [0, 0.05) is 6.54 Å². The van der Waals surface area contributed by atoms with E-state index in [0.717, 1.165) is 12.2 Å². The van der Waals surface area contributed by atoms with Crippen LogP contribution in [0.5, 0.6) is 0 Å². The molecule has 71 valence electrons. The number of hydrogen-bond donors (Lipinski definition) is 0. The summed E-state index contributed by atoms with van der Waals surface area (Å²) in [4.78, 5) is 3.95. The molecule has 0 spiro atoms. The van der Waals surface area contributed by atoms with Gasteiger partial charge >= 0.3 is 0 Å². The van der Waals surface area contributed by atoms with Gasteiger partial charge in [0.25, 0.3) is 0 Å². The Morgan fingerprint density at radius 2 is 2.00 bits per heavy atom. The molecule has 1 radical (unpaired) electrons. The third kappa shape index (κ3) is 1.83. The highest BCUT2D eigenvalue weighted by atomic mass is 16.3. The van der Waals surface area contributed by atoms with Crippen molar-refractivity contribution >= 4 is 0 Å².